The second kappa shape index (κ2) is 9.27. The van der Waals surface area contributed by atoms with Crippen molar-refractivity contribution in [1.82, 2.24) is 9.80 Å². The molecule has 2 bridgehead atoms. The SMILES string of the molecule is Cl.NC1C2CCCC1CC(C(=O)N1CCCN(C(=O)c3ccccc3)CC1)C2. The van der Waals surface area contributed by atoms with Gasteiger partial charge in [0.15, 0.2) is 0 Å². The van der Waals surface area contributed by atoms with Crippen LogP contribution in [-0.2, 0) is 4.79 Å². The monoisotopic (exact) mass is 405 g/mol. The minimum Gasteiger partial charge on any atom is -0.341 e. The third-order valence-corrected chi connectivity index (χ3v) is 6.88. The third-order valence-electron chi connectivity index (χ3n) is 6.88. The normalized spacial score (nSPS) is 30.2. The number of benzene rings is 1. The van der Waals surface area contributed by atoms with Gasteiger partial charge in [-0.2, -0.15) is 0 Å². The summed E-state index contributed by atoms with van der Waals surface area (Å²) in [7, 11) is 0. The first-order valence-corrected chi connectivity index (χ1v) is 10.5. The lowest BCUT2D eigenvalue weighted by Crippen LogP contribution is -2.50. The number of hydrogen-bond donors (Lipinski definition) is 1. The Morgan fingerprint density at radius 3 is 2.14 bits per heavy atom. The Morgan fingerprint density at radius 1 is 0.857 bits per heavy atom. The second-order valence-corrected chi connectivity index (χ2v) is 8.53. The molecule has 5 nitrogen and oxygen atoms in total. The van der Waals surface area contributed by atoms with Gasteiger partial charge >= 0.3 is 0 Å². The summed E-state index contributed by atoms with van der Waals surface area (Å²) >= 11 is 0. The molecule has 3 fully saturated rings. The van der Waals surface area contributed by atoms with E-state index in [1.807, 2.05) is 40.1 Å². The highest BCUT2D eigenvalue weighted by Gasteiger charge is 2.41. The zero-order valence-electron chi connectivity index (χ0n) is 16.5. The molecule has 2 unspecified atom stereocenters. The molecular formula is C22H32ClN3O2. The molecule has 1 aromatic carbocycles. The number of halogens is 1. The summed E-state index contributed by atoms with van der Waals surface area (Å²) < 4.78 is 0. The van der Waals surface area contributed by atoms with E-state index in [-0.39, 0.29) is 24.2 Å². The maximum Gasteiger partial charge on any atom is 0.253 e. The number of nitrogens with zero attached hydrogens (tertiary/aromatic N) is 2. The minimum absolute atomic E-state index is 0. The van der Waals surface area contributed by atoms with Gasteiger partial charge in [0.2, 0.25) is 5.91 Å². The van der Waals surface area contributed by atoms with Gasteiger partial charge < -0.3 is 15.5 Å². The largest absolute Gasteiger partial charge is 0.341 e. The number of carbonyl (C=O) groups excluding carboxylic acids is 2. The fraction of sp³-hybridized carbons (Fsp3) is 0.636. The van der Waals surface area contributed by atoms with E-state index in [0.29, 0.717) is 36.9 Å². The molecule has 1 aliphatic heterocycles. The highest BCUT2D eigenvalue weighted by Crippen LogP contribution is 2.42. The van der Waals surface area contributed by atoms with E-state index in [0.717, 1.165) is 37.9 Å². The molecule has 0 spiro atoms. The van der Waals surface area contributed by atoms with Crippen molar-refractivity contribution in [3.63, 3.8) is 0 Å². The highest BCUT2D eigenvalue weighted by atomic mass is 35.5. The van der Waals surface area contributed by atoms with Gasteiger partial charge in [-0.1, -0.05) is 24.6 Å². The lowest BCUT2D eigenvalue weighted by molar-refractivity contribution is -0.138. The van der Waals surface area contributed by atoms with Crippen LogP contribution in [0.25, 0.3) is 0 Å². The van der Waals surface area contributed by atoms with Crippen LogP contribution in [0.5, 0.6) is 0 Å². The van der Waals surface area contributed by atoms with E-state index in [4.69, 9.17) is 5.73 Å². The van der Waals surface area contributed by atoms with Gasteiger partial charge in [-0.05, 0) is 56.1 Å². The quantitative estimate of drug-likeness (QED) is 0.822. The first-order chi connectivity index (χ1) is 13.1. The second-order valence-electron chi connectivity index (χ2n) is 8.53. The van der Waals surface area contributed by atoms with Crippen molar-refractivity contribution in [3.05, 3.63) is 35.9 Å². The van der Waals surface area contributed by atoms with Crippen molar-refractivity contribution in [3.8, 4) is 0 Å². The van der Waals surface area contributed by atoms with Crippen LogP contribution >= 0.6 is 12.4 Å². The Labute approximate surface area is 174 Å². The summed E-state index contributed by atoms with van der Waals surface area (Å²) in [5, 5.41) is 0. The number of amides is 2. The minimum atomic E-state index is 0. The Bertz CT molecular complexity index is 670. The molecule has 28 heavy (non-hydrogen) atoms. The Balaban J connectivity index is 0.00000225. The van der Waals surface area contributed by atoms with Gasteiger partial charge in [-0.25, -0.2) is 0 Å². The van der Waals surface area contributed by atoms with Gasteiger partial charge in [-0.15, -0.1) is 12.4 Å². The Morgan fingerprint density at radius 2 is 1.46 bits per heavy atom. The lowest BCUT2D eigenvalue weighted by atomic mass is 9.65. The number of fused-ring (bicyclic) bond motifs is 2. The Hall–Kier alpha value is -1.59. The van der Waals surface area contributed by atoms with Crippen molar-refractivity contribution in [2.45, 2.75) is 44.6 Å². The van der Waals surface area contributed by atoms with Crippen molar-refractivity contribution in [2.24, 2.45) is 23.5 Å². The highest BCUT2D eigenvalue weighted by molar-refractivity contribution is 5.94. The fourth-order valence-corrected chi connectivity index (χ4v) is 5.35. The smallest absolute Gasteiger partial charge is 0.253 e. The van der Waals surface area contributed by atoms with Crippen LogP contribution < -0.4 is 5.73 Å². The summed E-state index contributed by atoms with van der Waals surface area (Å²) in [4.78, 5) is 29.8. The molecule has 1 heterocycles. The summed E-state index contributed by atoms with van der Waals surface area (Å²) in [5.74, 6) is 1.55. The summed E-state index contributed by atoms with van der Waals surface area (Å²) in [6.07, 6.45) is 6.40. The molecule has 2 aliphatic carbocycles. The maximum atomic E-state index is 13.2. The van der Waals surface area contributed by atoms with Crippen LogP contribution in [0.2, 0.25) is 0 Å². The van der Waals surface area contributed by atoms with Crippen molar-refractivity contribution < 1.29 is 9.59 Å². The van der Waals surface area contributed by atoms with Gasteiger partial charge in [0.1, 0.15) is 0 Å². The summed E-state index contributed by atoms with van der Waals surface area (Å²) in [6, 6.07) is 9.73. The standard InChI is InChI=1S/C22H31N3O2.ClH/c23-20-17-8-4-9-18(20)15-19(14-17)22(27)25-11-5-10-24(12-13-25)21(26)16-6-2-1-3-7-16;/h1-3,6-7,17-20H,4-5,8-15,23H2;1H. The zero-order chi connectivity index (χ0) is 18.8. The molecule has 2 N–H and O–H groups in total. The van der Waals surface area contributed by atoms with E-state index in [1.165, 1.54) is 19.3 Å². The molecular weight excluding hydrogens is 374 g/mol. The van der Waals surface area contributed by atoms with Gasteiger partial charge in [0, 0.05) is 43.7 Å². The Kier molecular flexibility index (Phi) is 7.00. The first kappa shape index (κ1) is 21.1. The van der Waals surface area contributed by atoms with E-state index in [2.05, 4.69) is 0 Å². The van der Waals surface area contributed by atoms with Crippen LogP contribution in [-0.4, -0.2) is 53.8 Å². The number of hydrogen-bond acceptors (Lipinski definition) is 3. The average molecular weight is 406 g/mol. The predicted molar refractivity (Wildman–Crippen MR) is 112 cm³/mol. The molecule has 2 atom stereocenters. The molecule has 2 saturated carbocycles. The molecule has 6 heteroatoms. The molecule has 2 amide bonds. The van der Waals surface area contributed by atoms with E-state index < -0.39 is 0 Å². The molecule has 1 saturated heterocycles. The van der Waals surface area contributed by atoms with Gasteiger partial charge in [0.25, 0.3) is 5.91 Å². The maximum absolute atomic E-state index is 13.2. The van der Waals surface area contributed by atoms with Crippen LogP contribution in [0.3, 0.4) is 0 Å². The number of nitrogens with two attached hydrogens (primary N) is 1. The van der Waals surface area contributed by atoms with Crippen molar-refractivity contribution >= 4 is 24.2 Å². The van der Waals surface area contributed by atoms with Gasteiger partial charge in [-0.3, -0.25) is 9.59 Å². The zero-order valence-corrected chi connectivity index (χ0v) is 17.3. The summed E-state index contributed by atoms with van der Waals surface area (Å²) in [6.45, 7) is 2.75. The molecule has 3 aliphatic rings. The molecule has 1 aromatic rings. The van der Waals surface area contributed by atoms with Crippen molar-refractivity contribution in [2.75, 3.05) is 26.2 Å². The van der Waals surface area contributed by atoms with Gasteiger partial charge in [0.05, 0.1) is 0 Å². The number of rotatable bonds is 2. The van der Waals surface area contributed by atoms with E-state index in [1.54, 1.807) is 0 Å². The van der Waals surface area contributed by atoms with E-state index >= 15 is 0 Å². The number of carbonyl (C=O) groups is 2. The summed E-state index contributed by atoms with van der Waals surface area (Å²) in [5.41, 5.74) is 7.12. The van der Waals surface area contributed by atoms with Crippen LogP contribution in [0.15, 0.2) is 30.3 Å². The molecule has 0 aromatic heterocycles. The van der Waals surface area contributed by atoms with Crippen LogP contribution in [0, 0.1) is 17.8 Å². The average Bonchev–Trinajstić information content (AvgIpc) is 2.93. The topological polar surface area (TPSA) is 66.6 Å². The van der Waals surface area contributed by atoms with Crippen LogP contribution in [0.4, 0.5) is 0 Å². The molecule has 0 radical (unpaired) electrons. The first-order valence-electron chi connectivity index (χ1n) is 10.5. The fourth-order valence-electron chi connectivity index (χ4n) is 5.35. The van der Waals surface area contributed by atoms with Crippen LogP contribution in [0.1, 0.15) is 48.9 Å². The predicted octanol–water partition coefficient (Wildman–Crippen LogP) is 2.94. The lowest BCUT2D eigenvalue weighted by Gasteiger charge is -2.44. The molecule has 154 valence electrons. The third kappa shape index (κ3) is 4.36. The molecule has 4 rings (SSSR count). The van der Waals surface area contributed by atoms with Crippen molar-refractivity contribution in [1.29, 1.82) is 0 Å². The van der Waals surface area contributed by atoms with E-state index in [9.17, 15) is 9.59 Å².